The van der Waals surface area contributed by atoms with Gasteiger partial charge in [0.25, 0.3) is 0 Å². The number of benzene rings is 2. The lowest BCUT2D eigenvalue weighted by Crippen LogP contribution is -2.52. The molecule has 0 bridgehead atoms. The summed E-state index contributed by atoms with van der Waals surface area (Å²) in [5.74, 6) is 0.106. The Morgan fingerprint density at radius 3 is 2.31 bits per heavy atom. The highest BCUT2D eigenvalue weighted by atomic mass is 79.9. The van der Waals surface area contributed by atoms with Crippen molar-refractivity contribution in [1.29, 1.82) is 0 Å². The number of anilines is 1. The molecule has 2 atom stereocenters. The Labute approximate surface area is 220 Å². The van der Waals surface area contributed by atoms with E-state index in [4.69, 9.17) is 9.47 Å². The minimum Gasteiger partial charge on any atom is -0.486 e. The smallest absolute Gasteiger partial charge is 0.244 e. The van der Waals surface area contributed by atoms with Crippen molar-refractivity contribution in [3.63, 3.8) is 0 Å². The molecular formula is C25H32BrN3O6S. The number of amides is 2. The Kier molecular flexibility index (Phi) is 9.24. The van der Waals surface area contributed by atoms with Gasteiger partial charge in [0.1, 0.15) is 25.8 Å². The van der Waals surface area contributed by atoms with Gasteiger partial charge in [0.15, 0.2) is 11.5 Å². The highest BCUT2D eigenvalue weighted by molar-refractivity contribution is 9.10. The Bertz CT molecular complexity index is 1190. The molecule has 0 aliphatic carbocycles. The SMILES string of the molecule is CCC(C)NC(=O)C(C)N(Cc1ccc(Br)cc1)C(=O)CN(c1ccc2c(c1)OCCO2)S(C)(=O)=O. The normalized spacial score (nSPS) is 14.5. The van der Waals surface area contributed by atoms with Crippen LogP contribution in [0.4, 0.5) is 5.69 Å². The molecule has 2 unspecified atom stereocenters. The first kappa shape index (κ1) is 27.8. The quantitative estimate of drug-likeness (QED) is 0.461. The van der Waals surface area contributed by atoms with Gasteiger partial charge in [-0.05, 0) is 50.1 Å². The Morgan fingerprint density at radius 1 is 1.06 bits per heavy atom. The van der Waals surface area contributed by atoms with Crippen LogP contribution in [0.3, 0.4) is 0 Å². The van der Waals surface area contributed by atoms with Crippen molar-refractivity contribution in [2.24, 2.45) is 0 Å². The zero-order valence-electron chi connectivity index (χ0n) is 20.9. The average molecular weight is 583 g/mol. The molecule has 196 valence electrons. The number of hydrogen-bond donors (Lipinski definition) is 1. The van der Waals surface area contributed by atoms with Crippen molar-refractivity contribution in [3.8, 4) is 11.5 Å². The van der Waals surface area contributed by atoms with Crippen molar-refractivity contribution in [3.05, 3.63) is 52.5 Å². The molecule has 0 spiro atoms. The molecule has 36 heavy (non-hydrogen) atoms. The lowest BCUT2D eigenvalue weighted by Gasteiger charge is -2.32. The minimum atomic E-state index is -3.84. The molecule has 11 heteroatoms. The molecule has 9 nitrogen and oxygen atoms in total. The summed E-state index contributed by atoms with van der Waals surface area (Å²) < 4.78 is 38.5. The fourth-order valence-electron chi connectivity index (χ4n) is 3.64. The predicted octanol–water partition coefficient (Wildman–Crippen LogP) is 3.32. The van der Waals surface area contributed by atoms with Gasteiger partial charge in [-0.1, -0.05) is 35.0 Å². The summed E-state index contributed by atoms with van der Waals surface area (Å²) in [4.78, 5) is 28.0. The van der Waals surface area contributed by atoms with Gasteiger partial charge in [-0.3, -0.25) is 13.9 Å². The lowest BCUT2D eigenvalue weighted by molar-refractivity contribution is -0.139. The summed E-state index contributed by atoms with van der Waals surface area (Å²) >= 11 is 3.40. The van der Waals surface area contributed by atoms with Crippen molar-refractivity contribution >= 4 is 43.5 Å². The van der Waals surface area contributed by atoms with Crippen LogP contribution in [0.15, 0.2) is 46.9 Å². The number of hydrogen-bond acceptors (Lipinski definition) is 6. The molecule has 0 saturated carbocycles. The average Bonchev–Trinajstić information content (AvgIpc) is 2.85. The third-order valence-electron chi connectivity index (χ3n) is 5.93. The lowest BCUT2D eigenvalue weighted by atomic mass is 10.1. The van der Waals surface area contributed by atoms with E-state index in [1.807, 2.05) is 38.1 Å². The van der Waals surface area contributed by atoms with Crippen LogP contribution < -0.4 is 19.1 Å². The molecule has 2 aromatic carbocycles. The van der Waals surface area contributed by atoms with Crippen LogP contribution in [0.2, 0.25) is 0 Å². The third kappa shape index (κ3) is 7.13. The summed E-state index contributed by atoms with van der Waals surface area (Å²) in [5, 5.41) is 2.91. The van der Waals surface area contributed by atoms with Gasteiger partial charge < -0.3 is 19.7 Å². The highest BCUT2D eigenvalue weighted by Gasteiger charge is 2.31. The van der Waals surface area contributed by atoms with E-state index in [9.17, 15) is 18.0 Å². The first-order valence-electron chi connectivity index (χ1n) is 11.7. The number of ether oxygens (including phenoxy) is 2. The standard InChI is InChI=1S/C25H32BrN3O6S/c1-5-17(2)27-25(31)18(3)28(15-19-6-8-20(26)9-7-19)24(30)16-29(36(4,32)33)21-10-11-22-23(14-21)35-13-12-34-22/h6-11,14,17-18H,5,12-13,15-16H2,1-4H3,(H,27,31). The van der Waals surface area contributed by atoms with Crippen LogP contribution in [0.1, 0.15) is 32.8 Å². The third-order valence-corrected chi connectivity index (χ3v) is 7.60. The van der Waals surface area contributed by atoms with Crippen molar-refractivity contribution < 1.29 is 27.5 Å². The maximum atomic E-state index is 13.6. The number of rotatable bonds is 10. The molecule has 2 aromatic rings. The monoisotopic (exact) mass is 581 g/mol. The van der Waals surface area contributed by atoms with Gasteiger partial charge >= 0.3 is 0 Å². The van der Waals surface area contributed by atoms with Gasteiger partial charge in [0.2, 0.25) is 21.8 Å². The number of sulfonamides is 1. The van der Waals surface area contributed by atoms with Gasteiger partial charge in [-0.2, -0.15) is 0 Å². The van der Waals surface area contributed by atoms with Crippen LogP contribution in [0, 0.1) is 0 Å². The Hall–Kier alpha value is -2.79. The molecule has 0 fully saturated rings. The molecular weight excluding hydrogens is 550 g/mol. The maximum Gasteiger partial charge on any atom is 0.244 e. The largest absolute Gasteiger partial charge is 0.486 e. The van der Waals surface area contributed by atoms with Gasteiger partial charge in [-0.25, -0.2) is 8.42 Å². The van der Waals surface area contributed by atoms with Crippen molar-refractivity contribution in [2.45, 2.75) is 45.8 Å². The van der Waals surface area contributed by atoms with Crippen LogP contribution in [0.25, 0.3) is 0 Å². The number of carbonyl (C=O) groups excluding carboxylic acids is 2. The number of fused-ring (bicyclic) bond motifs is 1. The van der Waals surface area contributed by atoms with E-state index in [0.29, 0.717) is 24.7 Å². The van der Waals surface area contributed by atoms with Gasteiger partial charge in [-0.15, -0.1) is 0 Å². The Morgan fingerprint density at radius 2 is 1.69 bits per heavy atom. The molecule has 1 aliphatic heterocycles. The van der Waals surface area contributed by atoms with E-state index in [1.165, 1.54) is 4.90 Å². The maximum absolute atomic E-state index is 13.6. The Balaban J connectivity index is 1.91. The second-order valence-electron chi connectivity index (χ2n) is 8.74. The molecule has 0 radical (unpaired) electrons. The first-order chi connectivity index (χ1) is 17.0. The second-order valence-corrected chi connectivity index (χ2v) is 11.6. The van der Waals surface area contributed by atoms with Crippen LogP contribution >= 0.6 is 15.9 Å². The number of nitrogens with one attached hydrogen (secondary N) is 1. The van der Waals surface area contributed by atoms with E-state index in [2.05, 4.69) is 21.2 Å². The molecule has 0 aromatic heterocycles. The predicted molar refractivity (Wildman–Crippen MR) is 142 cm³/mol. The fraction of sp³-hybridized carbons (Fsp3) is 0.440. The molecule has 1 heterocycles. The fourth-order valence-corrected chi connectivity index (χ4v) is 4.74. The highest BCUT2D eigenvalue weighted by Crippen LogP contribution is 2.34. The molecule has 1 aliphatic rings. The van der Waals surface area contributed by atoms with Gasteiger partial charge in [0.05, 0.1) is 11.9 Å². The van der Waals surface area contributed by atoms with E-state index < -0.39 is 28.5 Å². The zero-order chi connectivity index (χ0) is 26.5. The molecule has 2 amide bonds. The minimum absolute atomic E-state index is 0.0604. The van der Waals surface area contributed by atoms with E-state index in [0.717, 1.165) is 27.0 Å². The van der Waals surface area contributed by atoms with E-state index in [-0.39, 0.29) is 24.2 Å². The zero-order valence-corrected chi connectivity index (χ0v) is 23.3. The van der Waals surface area contributed by atoms with E-state index in [1.54, 1.807) is 25.1 Å². The van der Waals surface area contributed by atoms with Crippen molar-refractivity contribution in [1.82, 2.24) is 10.2 Å². The van der Waals surface area contributed by atoms with Gasteiger partial charge in [0, 0.05) is 23.1 Å². The summed E-state index contributed by atoms with van der Waals surface area (Å²) in [6, 6.07) is 11.2. The molecule has 3 rings (SSSR count). The summed E-state index contributed by atoms with van der Waals surface area (Å²) in [7, 11) is -3.84. The number of carbonyl (C=O) groups is 2. The van der Waals surface area contributed by atoms with Crippen LogP contribution in [0.5, 0.6) is 11.5 Å². The van der Waals surface area contributed by atoms with Crippen LogP contribution in [-0.4, -0.2) is 63.2 Å². The molecule has 1 N–H and O–H groups in total. The van der Waals surface area contributed by atoms with Crippen LogP contribution in [-0.2, 0) is 26.2 Å². The van der Waals surface area contributed by atoms with E-state index >= 15 is 0 Å². The number of halogens is 1. The second kappa shape index (κ2) is 12.0. The first-order valence-corrected chi connectivity index (χ1v) is 14.4. The summed E-state index contributed by atoms with van der Waals surface area (Å²) in [6.45, 7) is 5.90. The summed E-state index contributed by atoms with van der Waals surface area (Å²) in [6.07, 6.45) is 1.78. The van der Waals surface area contributed by atoms with Crippen molar-refractivity contribution in [2.75, 3.05) is 30.3 Å². The summed E-state index contributed by atoms with van der Waals surface area (Å²) in [5.41, 5.74) is 1.08. The molecule has 0 saturated heterocycles. The topological polar surface area (TPSA) is 105 Å². The number of nitrogens with zero attached hydrogens (tertiary/aromatic N) is 2.